The van der Waals surface area contributed by atoms with Gasteiger partial charge in [-0.1, -0.05) is 12.1 Å². The molecule has 4 N–H and O–H groups in total. The van der Waals surface area contributed by atoms with E-state index in [2.05, 4.69) is 15.7 Å². The van der Waals surface area contributed by atoms with E-state index in [0.29, 0.717) is 11.3 Å². The first-order chi connectivity index (χ1) is 9.63. The van der Waals surface area contributed by atoms with Crippen molar-refractivity contribution in [1.82, 2.24) is 4.98 Å². The molecule has 2 rings (SSSR count). The van der Waals surface area contributed by atoms with E-state index in [1.54, 1.807) is 12.3 Å². The van der Waals surface area contributed by atoms with E-state index in [1.807, 2.05) is 43.3 Å². The number of nitrogens with two attached hydrogens (primary N) is 1. The van der Waals surface area contributed by atoms with Crippen LogP contribution in [0.3, 0.4) is 0 Å². The van der Waals surface area contributed by atoms with E-state index in [4.69, 9.17) is 5.84 Å². The van der Waals surface area contributed by atoms with Gasteiger partial charge in [-0.05, 0) is 18.2 Å². The Morgan fingerprint density at radius 2 is 1.95 bits per heavy atom. The standard InChI is InChI=1S/C14H17N5O/c1-19(2)13-6-4-3-5-11(13)17-14(20)10-7-8-16-9-12(10)18-15/h3-9,18H,15H2,1-2H3,(H,17,20). The molecule has 0 saturated carbocycles. The van der Waals surface area contributed by atoms with Crippen molar-refractivity contribution < 1.29 is 4.79 Å². The zero-order valence-electron chi connectivity index (χ0n) is 11.4. The smallest absolute Gasteiger partial charge is 0.257 e. The highest BCUT2D eigenvalue weighted by molar-refractivity contribution is 6.09. The molecule has 0 fully saturated rings. The molecule has 6 nitrogen and oxygen atoms in total. The number of carbonyl (C=O) groups is 1. The van der Waals surface area contributed by atoms with Crippen LogP contribution in [-0.2, 0) is 0 Å². The van der Waals surface area contributed by atoms with Crippen LogP contribution in [0.25, 0.3) is 0 Å². The van der Waals surface area contributed by atoms with E-state index in [0.717, 1.165) is 11.4 Å². The Hall–Kier alpha value is -2.60. The average Bonchev–Trinajstić information content (AvgIpc) is 2.47. The highest BCUT2D eigenvalue weighted by atomic mass is 16.1. The summed E-state index contributed by atoms with van der Waals surface area (Å²) in [6.45, 7) is 0. The number of nitrogens with zero attached hydrogens (tertiary/aromatic N) is 2. The van der Waals surface area contributed by atoms with Gasteiger partial charge in [-0.25, -0.2) is 0 Å². The zero-order valence-corrected chi connectivity index (χ0v) is 11.4. The van der Waals surface area contributed by atoms with E-state index in [1.165, 1.54) is 6.20 Å². The minimum Gasteiger partial charge on any atom is -0.376 e. The fraction of sp³-hybridized carbons (Fsp3) is 0.143. The molecule has 2 aromatic rings. The maximum absolute atomic E-state index is 12.3. The lowest BCUT2D eigenvalue weighted by Gasteiger charge is -2.18. The van der Waals surface area contributed by atoms with Crippen molar-refractivity contribution in [3.63, 3.8) is 0 Å². The molecule has 20 heavy (non-hydrogen) atoms. The van der Waals surface area contributed by atoms with Gasteiger partial charge in [0.2, 0.25) is 0 Å². The summed E-state index contributed by atoms with van der Waals surface area (Å²) >= 11 is 0. The summed E-state index contributed by atoms with van der Waals surface area (Å²) in [5.41, 5.74) is 5.05. The maximum atomic E-state index is 12.3. The van der Waals surface area contributed by atoms with Gasteiger partial charge in [0.1, 0.15) is 0 Å². The van der Waals surface area contributed by atoms with Gasteiger partial charge in [0.25, 0.3) is 5.91 Å². The Bertz CT molecular complexity index is 612. The van der Waals surface area contributed by atoms with Gasteiger partial charge in [0.05, 0.1) is 28.8 Å². The van der Waals surface area contributed by atoms with Gasteiger partial charge < -0.3 is 15.6 Å². The molecule has 6 heteroatoms. The van der Waals surface area contributed by atoms with Crippen LogP contribution in [0.1, 0.15) is 10.4 Å². The number of hydrogen-bond acceptors (Lipinski definition) is 5. The van der Waals surface area contributed by atoms with Crippen LogP contribution < -0.4 is 21.5 Å². The number of pyridine rings is 1. The minimum absolute atomic E-state index is 0.241. The second kappa shape index (κ2) is 6.03. The number of para-hydroxylation sites is 2. The number of benzene rings is 1. The van der Waals surface area contributed by atoms with Crippen molar-refractivity contribution in [2.24, 2.45) is 5.84 Å². The third-order valence-corrected chi connectivity index (χ3v) is 2.86. The van der Waals surface area contributed by atoms with E-state index >= 15 is 0 Å². The number of hydrazine groups is 1. The molecule has 0 aliphatic carbocycles. The summed E-state index contributed by atoms with van der Waals surface area (Å²) in [6, 6.07) is 9.19. The van der Waals surface area contributed by atoms with Crippen molar-refractivity contribution in [3.05, 3.63) is 48.3 Å². The van der Waals surface area contributed by atoms with Gasteiger partial charge in [-0.3, -0.25) is 15.6 Å². The van der Waals surface area contributed by atoms with Gasteiger partial charge in [0, 0.05) is 20.3 Å². The van der Waals surface area contributed by atoms with E-state index < -0.39 is 0 Å². The number of aromatic nitrogens is 1. The Kier molecular flexibility index (Phi) is 4.17. The van der Waals surface area contributed by atoms with Crippen molar-refractivity contribution >= 4 is 23.0 Å². The molecule has 0 aliphatic rings. The first-order valence-electron chi connectivity index (χ1n) is 6.12. The molecular formula is C14H17N5O. The first-order valence-corrected chi connectivity index (χ1v) is 6.12. The quantitative estimate of drug-likeness (QED) is 0.582. The highest BCUT2D eigenvalue weighted by Crippen LogP contribution is 2.24. The second-order valence-corrected chi connectivity index (χ2v) is 4.43. The van der Waals surface area contributed by atoms with Gasteiger partial charge in [-0.2, -0.15) is 0 Å². The lowest BCUT2D eigenvalue weighted by molar-refractivity contribution is 0.102. The number of amides is 1. The Labute approximate surface area is 117 Å². The first kappa shape index (κ1) is 13.8. The minimum atomic E-state index is -0.241. The molecule has 0 unspecified atom stereocenters. The monoisotopic (exact) mass is 271 g/mol. The van der Waals surface area contributed by atoms with Gasteiger partial charge >= 0.3 is 0 Å². The van der Waals surface area contributed by atoms with Gasteiger partial charge in [-0.15, -0.1) is 0 Å². The molecule has 1 amide bonds. The van der Waals surface area contributed by atoms with Crippen LogP contribution in [0.4, 0.5) is 17.1 Å². The molecule has 0 aliphatic heterocycles. The van der Waals surface area contributed by atoms with Crippen LogP contribution >= 0.6 is 0 Å². The molecule has 0 bridgehead atoms. The summed E-state index contributed by atoms with van der Waals surface area (Å²) in [5.74, 6) is 5.14. The molecule has 0 saturated heterocycles. The Morgan fingerprint density at radius 3 is 2.65 bits per heavy atom. The number of hydrogen-bond donors (Lipinski definition) is 3. The number of carbonyl (C=O) groups excluding carboxylic acids is 1. The topological polar surface area (TPSA) is 83.3 Å². The predicted octanol–water partition coefficient (Wildman–Crippen LogP) is 1.69. The molecular weight excluding hydrogens is 254 g/mol. The molecule has 0 radical (unpaired) electrons. The SMILES string of the molecule is CN(C)c1ccccc1NC(=O)c1ccncc1NN. The lowest BCUT2D eigenvalue weighted by Crippen LogP contribution is -2.19. The van der Waals surface area contributed by atoms with Crippen molar-refractivity contribution in [2.45, 2.75) is 0 Å². The van der Waals surface area contributed by atoms with Crippen LogP contribution in [-0.4, -0.2) is 25.0 Å². The average molecular weight is 271 g/mol. The molecule has 104 valence electrons. The molecule has 1 aromatic heterocycles. The van der Waals surface area contributed by atoms with Gasteiger partial charge in [0.15, 0.2) is 0 Å². The summed E-state index contributed by atoms with van der Waals surface area (Å²) < 4.78 is 0. The summed E-state index contributed by atoms with van der Waals surface area (Å²) in [6.07, 6.45) is 3.06. The number of nitrogen functional groups attached to an aromatic ring is 1. The van der Waals surface area contributed by atoms with E-state index in [-0.39, 0.29) is 5.91 Å². The zero-order chi connectivity index (χ0) is 14.5. The molecule has 0 atom stereocenters. The lowest BCUT2D eigenvalue weighted by atomic mass is 10.2. The summed E-state index contributed by atoms with van der Waals surface area (Å²) in [5, 5.41) is 2.88. The normalized spacial score (nSPS) is 9.95. The molecule has 0 spiro atoms. The van der Waals surface area contributed by atoms with Crippen LogP contribution in [0.2, 0.25) is 0 Å². The number of anilines is 3. The van der Waals surface area contributed by atoms with Crippen molar-refractivity contribution in [3.8, 4) is 0 Å². The molecule has 1 heterocycles. The van der Waals surface area contributed by atoms with Crippen molar-refractivity contribution in [2.75, 3.05) is 29.7 Å². The Balaban J connectivity index is 2.28. The maximum Gasteiger partial charge on any atom is 0.257 e. The van der Waals surface area contributed by atoms with Crippen LogP contribution in [0, 0.1) is 0 Å². The highest BCUT2D eigenvalue weighted by Gasteiger charge is 2.13. The third-order valence-electron chi connectivity index (χ3n) is 2.86. The summed E-state index contributed by atoms with van der Waals surface area (Å²) in [7, 11) is 3.84. The molecule has 1 aromatic carbocycles. The predicted molar refractivity (Wildman–Crippen MR) is 80.8 cm³/mol. The summed E-state index contributed by atoms with van der Waals surface area (Å²) in [4.78, 5) is 18.2. The Morgan fingerprint density at radius 1 is 1.20 bits per heavy atom. The fourth-order valence-electron chi connectivity index (χ4n) is 1.87. The van der Waals surface area contributed by atoms with Crippen molar-refractivity contribution in [1.29, 1.82) is 0 Å². The van der Waals surface area contributed by atoms with E-state index in [9.17, 15) is 4.79 Å². The largest absolute Gasteiger partial charge is 0.376 e. The fourth-order valence-corrected chi connectivity index (χ4v) is 1.87. The van der Waals surface area contributed by atoms with Crippen LogP contribution in [0.5, 0.6) is 0 Å². The third kappa shape index (κ3) is 2.86. The second-order valence-electron chi connectivity index (χ2n) is 4.43. The number of nitrogens with one attached hydrogen (secondary N) is 2. The van der Waals surface area contributed by atoms with Crippen LogP contribution in [0.15, 0.2) is 42.7 Å². The number of rotatable bonds is 4.